The summed E-state index contributed by atoms with van der Waals surface area (Å²) in [5.41, 5.74) is 2.23. The Morgan fingerprint density at radius 3 is 2.63 bits per heavy atom. The normalized spacial score (nSPS) is 11.2. The van der Waals surface area contributed by atoms with Gasteiger partial charge in [0.1, 0.15) is 5.76 Å². The second kappa shape index (κ2) is 6.26. The van der Waals surface area contributed by atoms with Crippen LogP contribution in [0.1, 0.15) is 30.9 Å². The van der Waals surface area contributed by atoms with Crippen molar-refractivity contribution in [2.75, 3.05) is 0 Å². The highest BCUT2D eigenvalue weighted by Gasteiger charge is 2.10. The average Bonchev–Trinajstić information content (AvgIpc) is 2.67. The van der Waals surface area contributed by atoms with Gasteiger partial charge in [-0.2, -0.15) is 0 Å². The molecule has 0 saturated heterocycles. The van der Waals surface area contributed by atoms with Gasteiger partial charge in [-0.1, -0.05) is 32.0 Å². The van der Waals surface area contributed by atoms with Crippen LogP contribution in [-0.4, -0.2) is 11.0 Å². The topological polar surface area (TPSA) is 38.1 Å². The number of hydrogen-bond donors (Lipinski definition) is 1. The van der Waals surface area contributed by atoms with Crippen LogP contribution in [0.3, 0.4) is 0 Å². The lowest BCUT2D eigenvalue weighted by molar-refractivity contribution is 0.431. The molecule has 0 amide bonds. The first-order valence-electron chi connectivity index (χ1n) is 6.49. The van der Waals surface area contributed by atoms with E-state index in [0.29, 0.717) is 11.3 Å². The summed E-state index contributed by atoms with van der Waals surface area (Å²) >= 11 is 1.58. The Hall–Kier alpha value is -1.26. The number of benzene rings is 1. The summed E-state index contributed by atoms with van der Waals surface area (Å²) < 4.78 is 5.63. The monoisotopic (exact) mass is 276 g/mol. The average molecular weight is 276 g/mol. The largest absolute Gasteiger partial charge is 0.436 e. The highest BCUT2D eigenvalue weighted by molar-refractivity contribution is 7.99. The van der Waals surface area contributed by atoms with Gasteiger partial charge in [-0.15, -0.1) is 0 Å². The van der Waals surface area contributed by atoms with E-state index in [1.54, 1.807) is 11.8 Å². The fourth-order valence-electron chi connectivity index (χ4n) is 1.64. The van der Waals surface area contributed by atoms with Crippen molar-refractivity contribution in [1.82, 2.24) is 10.3 Å². The first-order valence-corrected chi connectivity index (χ1v) is 7.31. The van der Waals surface area contributed by atoms with Gasteiger partial charge in [-0.25, -0.2) is 4.98 Å². The Kier molecular flexibility index (Phi) is 4.66. The van der Waals surface area contributed by atoms with Gasteiger partial charge >= 0.3 is 0 Å². The second-order valence-electron chi connectivity index (χ2n) is 4.87. The summed E-state index contributed by atoms with van der Waals surface area (Å²) in [4.78, 5) is 5.61. The maximum atomic E-state index is 5.63. The van der Waals surface area contributed by atoms with Crippen LogP contribution in [0.4, 0.5) is 0 Å². The number of hydrogen-bond acceptors (Lipinski definition) is 4. The molecule has 0 aliphatic carbocycles. The summed E-state index contributed by atoms with van der Waals surface area (Å²) in [7, 11) is 0. The fourth-order valence-corrected chi connectivity index (χ4v) is 2.60. The van der Waals surface area contributed by atoms with Crippen LogP contribution in [0.15, 0.2) is 38.8 Å². The highest BCUT2D eigenvalue weighted by atomic mass is 32.2. The minimum absolute atomic E-state index is 0.476. The first-order chi connectivity index (χ1) is 9.06. The van der Waals surface area contributed by atoms with Crippen molar-refractivity contribution >= 4 is 11.8 Å². The molecule has 0 saturated carbocycles. The first kappa shape index (κ1) is 14.2. The molecule has 0 aliphatic heterocycles. The van der Waals surface area contributed by atoms with Gasteiger partial charge in [0.15, 0.2) is 0 Å². The van der Waals surface area contributed by atoms with Gasteiger partial charge in [0.25, 0.3) is 5.22 Å². The molecule has 3 nitrogen and oxygen atoms in total. The molecule has 0 bridgehead atoms. The Balaban J connectivity index is 2.15. The van der Waals surface area contributed by atoms with Crippen molar-refractivity contribution < 1.29 is 4.42 Å². The van der Waals surface area contributed by atoms with Crippen LogP contribution in [0.2, 0.25) is 0 Å². The smallest absolute Gasteiger partial charge is 0.261 e. The molecule has 4 heteroatoms. The molecule has 0 spiro atoms. The molecule has 0 unspecified atom stereocenters. The van der Waals surface area contributed by atoms with Crippen molar-refractivity contribution in [2.24, 2.45) is 0 Å². The molecule has 2 rings (SSSR count). The molecule has 1 heterocycles. The van der Waals surface area contributed by atoms with Gasteiger partial charge in [-0.3, -0.25) is 0 Å². The van der Waals surface area contributed by atoms with Crippen LogP contribution in [0.5, 0.6) is 0 Å². The molecular formula is C15H20N2OS. The second-order valence-corrected chi connectivity index (χ2v) is 5.86. The Morgan fingerprint density at radius 1 is 1.26 bits per heavy atom. The third-order valence-corrected chi connectivity index (χ3v) is 3.85. The molecular weight excluding hydrogens is 256 g/mol. The minimum atomic E-state index is 0.476. The molecule has 1 aromatic carbocycles. The molecule has 0 fully saturated rings. The van der Waals surface area contributed by atoms with Crippen LogP contribution in [0, 0.1) is 13.8 Å². The zero-order valence-electron chi connectivity index (χ0n) is 11.9. The number of aromatic nitrogens is 1. The quantitative estimate of drug-likeness (QED) is 0.897. The standard InChI is InChI=1S/C15H20N2OS/c1-10(2)16-9-13-7-5-6-8-14(13)19-15-17-11(3)12(4)18-15/h5-8,10,16H,9H2,1-4H3. The fraction of sp³-hybridized carbons (Fsp3) is 0.400. The van der Waals surface area contributed by atoms with E-state index in [4.69, 9.17) is 4.42 Å². The summed E-state index contributed by atoms with van der Waals surface area (Å²) in [6.07, 6.45) is 0. The van der Waals surface area contributed by atoms with Crippen molar-refractivity contribution in [3.8, 4) is 0 Å². The Labute approximate surface area is 118 Å². The van der Waals surface area contributed by atoms with Crippen LogP contribution >= 0.6 is 11.8 Å². The lowest BCUT2D eigenvalue weighted by atomic mass is 10.2. The number of aryl methyl sites for hydroxylation is 2. The van der Waals surface area contributed by atoms with E-state index in [9.17, 15) is 0 Å². The van der Waals surface area contributed by atoms with E-state index in [1.165, 1.54) is 10.5 Å². The number of rotatable bonds is 5. The third-order valence-electron chi connectivity index (χ3n) is 2.88. The molecule has 1 aromatic heterocycles. The highest BCUT2D eigenvalue weighted by Crippen LogP contribution is 2.30. The van der Waals surface area contributed by atoms with Gasteiger partial charge in [0.05, 0.1) is 5.69 Å². The maximum Gasteiger partial charge on any atom is 0.261 e. The summed E-state index contributed by atoms with van der Waals surface area (Å²) in [6.45, 7) is 9.07. The Bertz CT molecular complexity index is 529. The van der Waals surface area contributed by atoms with E-state index >= 15 is 0 Å². The third kappa shape index (κ3) is 3.85. The van der Waals surface area contributed by atoms with Crippen molar-refractivity contribution in [2.45, 2.75) is 50.4 Å². The minimum Gasteiger partial charge on any atom is -0.436 e. The molecule has 0 aliphatic rings. The van der Waals surface area contributed by atoms with E-state index in [1.807, 2.05) is 19.9 Å². The molecule has 2 aromatic rings. The van der Waals surface area contributed by atoms with Gasteiger partial charge < -0.3 is 9.73 Å². The van der Waals surface area contributed by atoms with E-state index in [2.05, 4.69) is 42.3 Å². The van der Waals surface area contributed by atoms with E-state index in [-0.39, 0.29) is 0 Å². The van der Waals surface area contributed by atoms with Crippen LogP contribution in [0.25, 0.3) is 0 Å². The van der Waals surface area contributed by atoms with Crippen molar-refractivity contribution in [3.63, 3.8) is 0 Å². The number of oxazole rings is 1. The van der Waals surface area contributed by atoms with Crippen molar-refractivity contribution in [3.05, 3.63) is 41.3 Å². The Morgan fingerprint density at radius 2 is 2.00 bits per heavy atom. The van der Waals surface area contributed by atoms with Crippen LogP contribution in [-0.2, 0) is 6.54 Å². The molecule has 19 heavy (non-hydrogen) atoms. The molecule has 102 valence electrons. The lowest BCUT2D eigenvalue weighted by Gasteiger charge is -2.11. The van der Waals surface area contributed by atoms with Crippen LogP contribution < -0.4 is 5.32 Å². The van der Waals surface area contributed by atoms with Gasteiger partial charge in [-0.05, 0) is 37.2 Å². The van der Waals surface area contributed by atoms with E-state index in [0.717, 1.165) is 18.0 Å². The lowest BCUT2D eigenvalue weighted by Crippen LogP contribution is -2.22. The summed E-state index contributed by atoms with van der Waals surface area (Å²) in [6, 6.07) is 8.83. The predicted octanol–water partition coefficient (Wildman–Crippen LogP) is 3.94. The zero-order chi connectivity index (χ0) is 13.8. The summed E-state index contributed by atoms with van der Waals surface area (Å²) in [5, 5.41) is 4.15. The van der Waals surface area contributed by atoms with E-state index < -0.39 is 0 Å². The van der Waals surface area contributed by atoms with Gasteiger partial charge in [0, 0.05) is 17.5 Å². The maximum absolute atomic E-state index is 5.63. The molecule has 0 atom stereocenters. The molecule has 1 N–H and O–H groups in total. The predicted molar refractivity (Wildman–Crippen MR) is 78.5 cm³/mol. The molecule has 0 radical (unpaired) electrons. The van der Waals surface area contributed by atoms with Crippen molar-refractivity contribution in [1.29, 1.82) is 0 Å². The SMILES string of the molecule is Cc1nc(Sc2ccccc2CNC(C)C)oc1C. The van der Waals surface area contributed by atoms with Gasteiger partial charge in [0.2, 0.25) is 0 Å². The number of nitrogens with one attached hydrogen (secondary N) is 1. The number of nitrogens with zero attached hydrogens (tertiary/aromatic N) is 1. The zero-order valence-corrected chi connectivity index (χ0v) is 12.7. The summed E-state index contributed by atoms with van der Waals surface area (Å²) in [5.74, 6) is 0.889.